The molecule has 2 aromatic rings. The van der Waals surface area contributed by atoms with Crippen LogP contribution in [0.3, 0.4) is 0 Å². The Morgan fingerprint density at radius 3 is 2.26 bits per heavy atom. The minimum absolute atomic E-state index is 0.0311. The van der Waals surface area contributed by atoms with Crippen LogP contribution in [-0.4, -0.2) is 19.1 Å². The van der Waals surface area contributed by atoms with Crippen molar-refractivity contribution in [1.29, 1.82) is 0 Å². The molecule has 0 atom stereocenters. The Hall–Kier alpha value is -2.27. The van der Waals surface area contributed by atoms with Gasteiger partial charge in [0.25, 0.3) is 0 Å². The standard InChI is InChI=1S/C18H18O4S/c1-12-10-13-11-16(8-9-17(13)22-18(12,2)3)23(20,21)15-6-4-14(19)5-7-15/h4-11,19H,1-3H3. The minimum atomic E-state index is -3.63. The van der Waals surface area contributed by atoms with Crippen molar-refractivity contribution in [2.45, 2.75) is 36.2 Å². The van der Waals surface area contributed by atoms with Gasteiger partial charge in [0, 0.05) is 5.56 Å². The highest BCUT2D eigenvalue weighted by Gasteiger charge is 2.28. The highest BCUT2D eigenvalue weighted by atomic mass is 32.2. The number of phenols is 1. The first-order chi connectivity index (χ1) is 10.7. The van der Waals surface area contributed by atoms with Crippen molar-refractivity contribution in [3.05, 3.63) is 53.6 Å². The zero-order chi connectivity index (χ0) is 16.8. The number of rotatable bonds is 2. The number of ether oxygens (including phenoxy) is 1. The molecule has 0 saturated carbocycles. The third kappa shape index (κ3) is 2.72. The third-order valence-corrected chi connectivity index (χ3v) is 5.89. The van der Waals surface area contributed by atoms with E-state index >= 15 is 0 Å². The maximum absolute atomic E-state index is 12.7. The summed E-state index contributed by atoms with van der Waals surface area (Å²) in [4.78, 5) is 0.349. The van der Waals surface area contributed by atoms with Gasteiger partial charge in [0.15, 0.2) is 0 Å². The summed E-state index contributed by atoms with van der Waals surface area (Å²) < 4.78 is 31.3. The number of hydrogen-bond acceptors (Lipinski definition) is 4. The molecule has 4 nitrogen and oxygen atoms in total. The van der Waals surface area contributed by atoms with Crippen molar-refractivity contribution in [1.82, 2.24) is 0 Å². The van der Waals surface area contributed by atoms with E-state index in [0.717, 1.165) is 11.1 Å². The van der Waals surface area contributed by atoms with E-state index < -0.39 is 15.4 Å². The van der Waals surface area contributed by atoms with Crippen LogP contribution in [0.2, 0.25) is 0 Å². The van der Waals surface area contributed by atoms with E-state index in [1.165, 1.54) is 24.3 Å². The molecule has 5 heteroatoms. The third-order valence-electron chi connectivity index (χ3n) is 4.13. The van der Waals surface area contributed by atoms with Crippen LogP contribution in [-0.2, 0) is 9.84 Å². The fraction of sp³-hybridized carbons (Fsp3) is 0.222. The van der Waals surface area contributed by atoms with Crippen LogP contribution in [0, 0.1) is 0 Å². The Kier molecular flexibility index (Phi) is 3.48. The fourth-order valence-corrected chi connectivity index (χ4v) is 3.72. The maximum Gasteiger partial charge on any atom is 0.206 e. The molecule has 0 radical (unpaired) electrons. The summed E-state index contributed by atoms with van der Waals surface area (Å²) in [6.45, 7) is 5.91. The molecule has 1 aliphatic rings. The summed E-state index contributed by atoms with van der Waals surface area (Å²) >= 11 is 0. The molecule has 0 aliphatic carbocycles. The summed E-state index contributed by atoms with van der Waals surface area (Å²) in [5.74, 6) is 0.703. The highest BCUT2D eigenvalue weighted by molar-refractivity contribution is 7.91. The molecular formula is C18H18O4S. The van der Waals surface area contributed by atoms with Crippen LogP contribution in [0.1, 0.15) is 26.3 Å². The largest absolute Gasteiger partial charge is 0.508 e. The van der Waals surface area contributed by atoms with E-state index in [2.05, 4.69) is 0 Å². The van der Waals surface area contributed by atoms with Gasteiger partial charge >= 0.3 is 0 Å². The number of hydrogen-bond donors (Lipinski definition) is 1. The van der Waals surface area contributed by atoms with Crippen molar-refractivity contribution >= 4 is 15.9 Å². The number of sulfone groups is 1. The number of aromatic hydroxyl groups is 1. The smallest absolute Gasteiger partial charge is 0.206 e. The molecule has 0 spiro atoms. The average molecular weight is 330 g/mol. The molecule has 0 bridgehead atoms. The average Bonchev–Trinajstić information content (AvgIpc) is 2.48. The molecule has 1 aliphatic heterocycles. The van der Waals surface area contributed by atoms with Crippen LogP contribution in [0.5, 0.6) is 11.5 Å². The summed E-state index contributed by atoms with van der Waals surface area (Å²) in [7, 11) is -3.63. The van der Waals surface area contributed by atoms with Crippen LogP contribution in [0.15, 0.2) is 57.8 Å². The van der Waals surface area contributed by atoms with E-state index in [4.69, 9.17) is 4.74 Å². The first-order valence-electron chi connectivity index (χ1n) is 7.26. The molecule has 1 heterocycles. The summed E-state index contributed by atoms with van der Waals surface area (Å²) in [5, 5.41) is 9.31. The molecule has 0 unspecified atom stereocenters. The number of phenolic OH excluding ortho intramolecular Hbond substituents is 1. The molecule has 23 heavy (non-hydrogen) atoms. The molecule has 2 aromatic carbocycles. The van der Waals surface area contributed by atoms with Gasteiger partial charge in [-0.15, -0.1) is 0 Å². The van der Waals surface area contributed by atoms with Gasteiger partial charge in [0.2, 0.25) is 9.84 Å². The van der Waals surface area contributed by atoms with Crippen molar-refractivity contribution in [3.63, 3.8) is 0 Å². The van der Waals surface area contributed by atoms with Gasteiger partial charge in [-0.25, -0.2) is 8.42 Å². The van der Waals surface area contributed by atoms with E-state index in [1.54, 1.807) is 18.2 Å². The van der Waals surface area contributed by atoms with Gasteiger partial charge in [-0.05, 0) is 74.9 Å². The molecule has 3 rings (SSSR count). The topological polar surface area (TPSA) is 63.6 Å². The lowest BCUT2D eigenvalue weighted by atomic mass is 9.94. The van der Waals surface area contributed by atoms with Crippen LogP contribution in [0.25, 0.3) is 6.08 Å². The van der Waals surface area contributed by atoms with Gasteiger partial charge in [-0.1, -0.05) is 0 Å². The second-order valence-corrected chi connectivity index (χ2v) is 8.09. The lowest BCUT2D eigenvalue weighted by Gasteiger charge is -2.32. The van der Waals surface area contributed by atoms with Crippen molar-refractivity contribution in [3.8, 4) is 11.5 Å². The van der Waals surface area contributed by atoms with Crippen LogP contribution >= 0.6 is 0 Å². The SMILES string of the molecule is CC1=Cc2cc(S(=O)(=O)c3ccc(O)cc3)ccc2OC1(C)C. The van der Waals surface area contributed by atoms with E-state index in [9.17, 15) is 13.5 Å². The molecule has 0 saturated heterocycles. The minimum Gasteiger partial charge on any atom is -0.508 e. The van der Waals surface area contributed by atoms with Crippen LogP contribution < -0.4 is 4.74 Å². The highest BCUT2D eigenvalue weighted by Crippen LogP contribution is 2.37. The second-order valence-electron chi connectivity index (χ2n) is 6.14. The Labute approximate surface area is 136 Å². The van der Waals surface area contributed by atoms with E-state index in [1.807, 2.05) is 26.8 Å². The fourth-order valence-electron chi connectivity index (χ4n) is 2.42. The van der Waals surface area contributed by atoms with Gasteiger partial charge in [-0.2, -0.15) is 0 Å². The Balaban J connectivity index is 2.08. The van der Waals surface area contributed by atoms with Gasteiger partial charge < -0.3 is 9.84 Å². The van der Waals surface area contributed by atoms with Crippen molar-refractivity contribution in [2.24, 2.45) is 0 Å². The zero-order valence-electron chi connectivity index (χ0n) is 13.2. The van der Waals surface area contributed by atoms with E-state index in [0.29, 0.717) is 5.75 Å². The predicted octanol–water partition coefficient (Wildman–Crippen LogP) is 3.80. The van der Waals surface area contributed by atoms with Crippen LogP contribution in [0.4, 0.5) is 0 Å². The first kappa shape index (κ1) is 15.6. The number of benzene rings is 2. The summed E-state index contributed by atoms with van der Waals surface area (Å²) in [6, 6.07) is 10.4. The molecule has 0 amide bonds. The number of fused-ring (bicyclic) bond motifs is 1. The normalized spacial score (nSPS) is 16.2. The molecule has 1 N–H and O–H groups in total. The van der Waals surface area contributed by atoms with E-state index in [-0.39, 0.29) is 15.5 Å². The Bertz CT molecular complexity index is 891. The summed E-state index contributed by atoms with van der Waals surface area (Å²) in [6.07, 6.45) is 1.95. The van der Waals surface area contributed by atoms with Gasteiger partial charge in [0.1, 0.15) is 17.1 Å². The maximum atomic E-state index is 12.7. The zero-order valence-corrected chi connectivity index (χ0v) is 14.0. The monoisotopic (exact) mass is 330 g/mol. The molecule has 120 valence electrons. The lowest BCUT2D eigenvalue weighted by molar-refractivity contribution is 0.145. The summed E-state index contributed by atoms with van der Waals surface area (Å²) in [5.41, 5.74) is 1.38. The first-order valence-corrected chi connectivity index (χ1v) is 8.74. The Morgan fingerprint density at radius 2 is 1.61 bits per heavy atom. The van der Waals surface area contributed by atoms with Crippen molar-refractivity contribution in [2.75, 3.05) is 0 Å². The second kappa shape index (κ2) is 5.13. The Morgan fingerprint density at radius 1 is 1.00 bits per heavy atom. The lowest BCUT2D eigenvalue weighted by Crippen LogP contribution is -2.31. The molecular weight excluding hydrogens is 312 g/mol. The molecule has 0 fully saturated rings. The molecule has 0 aromatic heterocycles. The quantitative estimate of drug-likeness (QED) is 0.910. The predicted molar refractivity (Wildman–Crippen MR) is 88.4 cm³/mol. The van der Waals surface area contributed by atoms with Gasteiger partial charge in [0.05, 0.1) is 9.79 Å². The van der Waals surface area contributed by atoms with Gasteiger partial charge in [-0.3, -0.25) is 0 Å². The van der Waals surface area contributed by atoms with Crippen molar-refractivity contribution < 1.29 is 18.3 Å².